The molecule has 2 aromatic carbocycles. The van der Waals surface area contributed by atoms with E-state index in [4.69, 9.17) is 27.9 Å². The molecule has 1 aromatic heterocycles. The van der Waals surface area contributed by atoms with Gasteiger partial charge in [-0.15, -0.1) is 0 Å². The summed E-state index contributed by atoms with van der Waals surface area (Å²) < 4.78 is 5.35. The maximum atomic E-state index is 12.8. The predicted molar refractivity (Wildman–Crippen MR) is 105 cm³/mol. The molecule has 0 bridgehead atoms. The van der Waals surface area contributed by atoms with Gasteiger partial charge >= 0.3 is 5.97 Å². The summed E-state index contributed by atoms with van der Waals surface area (Å²) in [6.45, 7) is -0.398. The van der Waals surface area contributed by atoms with Crippen LogP contribution in [0.15, 0.2) is 42.5 Å². The van der Waals surface area contributed by atoms with E-state index in [0.717, 1.165) is 41.4 Å². The van der Waals surface area contributed by atoms with Crippen LogP contribution in [0.5, 0.6) is 0 Å². The average molecular weight is 400 g/mol. The second kappa shape index (κ2) is 7.29. The van der Waals surface area contributed by atoms with Crippen LogP contribution in [-0.4, -0.2) is 23.3 Å². The molecule has 0 amide bonds. The van der Waals surface area contributed by atoms with E-state index < -0.39 is 18.4 Å². The van der Waals surface area contributed by atoms with Gasteiger partial charge in [-0.3, -0.25) is 9.78 Å². The molecule has 0 aliphatic heterocycles. The molecule has 0 saturated heterocycles. The summed E-state index contributed by atoms with van der Waals surface area (Å²) in [5.74, 6) is -0.913. The number of nitrogens with zero attached hydrogens (tertiary/aromatic N) is 1. The number of fused-ring (bicyclic) bond motifs is 2. The van der Waals surface area contributed by atoms with Gasteiger partial charge in [-0.05, 0) is 49.1 Å². The Kier molecular flexibility index (Phi) is 4.85. The fraction of sp³-hybridized carbons (Fsp3) is 0.190. The van der Waals surface area contributed by atoms with E-state index >= 15 is 0 Å². The first-order chi connectivity index (χ1) is 13.0. The number of hydrogen-bond donors (Lipinski definition) is 0. The molecule has 1 aliphatic rings. The third-order valence-electron chi connectivity index (χ3n) is 4.69. The summed E-state index contributed by atoms with van der Waals surface area (Å²) >= 11 is 12.0. The summed E-state index contributed by atoms with van der Waals surface area (Å²) in [7, 11) is 0. The zero-order valence-corrected chi connectivity index (χ0v) is 15.8. The second-order valence-electron chi connectivity index (χ2n) is 6.41. The van der Waals surface area contributed by atoms with Crippen molar-refractivity contribution >= 4 is 45.9 Å². The van der Waals surface area contributed by atoms with Gasteiger partial charge < -0.3 is 4.74 Å². The number of aromatic nitrogens is 1. The van der Waals surface area contributed by atoms with Gasteiger partial charge in [-0.2, -0.15) is 0 Å². The van der Waals surface area contributed by atoms with Gasteiger partial charge in [0.25, 0.3) is 0 Å². The molecular formula is C21H15Cl2NO3. The van der Waals surface area contributed by atoms with Crippen LogP contribution in [0.4, 0.5) is 0 Å². The SMILES string of the molecule is O=C(COC(=O)c1c2c(nc3ccccc13)CCC2)c1cc(Cl)ccc1Cl. The molecule has 6 heteroatoms. The number of ether oxygens (including phenoxy) is 1. The molecule has 0 radical (unpaired) electrons. The van der Waals surface area contributed by atoms with Crippen molar-refractivity contribution in [1.82, 2.24) is 4.98 Å². The van der Waals surface area contributed by atoms with E-state index in [1.807, 2.05) is 24.3 Å². The lowest BCUT2D eigenvalue weighted by molar-refractivity contribution is 0.0475. The third-order valence-corrected chi connectivity index (χ3v) is 5.25. The number of rotatable bonds is 4. The fourth-order valence-electron chi connectivity index (χ4n) is 3.44. The number of carbonyl (C=O) groups is 2. The van der Waals surface area contributed by atoms with Crippen molar-refractivity contribution in [3.63, 3.8) is 0 Å². The van der Waals surface area contributed by atoms with Crippen molar-refractivity contribution in [2.75, 3.05) is 6.61 Å². The van der Waals surface area contributed by atoms with Crippen LogP contribution in [0.1, 0.15) is 38.4 Å². The largest absolute Gasteiger partial charge is 0.454 e. The molecule has 1 heterocycles. The molecule has 4 nitrogen and oxygen atoms in total. The van der Waals surface area contributed by atoms with E-state index in [-0.39, 0.29) is 10.6 Å². The first kappa shape index (κ1) is 18.0. The number of aryl methyl sites for hydroxylation is 1. The maximum Gasteiger partial charge on any atom is 0.339 e. The number of hydrogen-bond acceptors (Lipinski definition) is 4. The van der Waals surface area contributed by atoms with E-state index in [9.17, 15) is 9.59 Å². The number of pyridine rings is 1. The van der Waals surface area contributed by atoms with Gasteiger partial charge in [-0.25, -0.2) is 4.79 Å². The number of ketones is 1. The molecule has 3 aromatic rings. The normalized spacial score (nSPS) is 12.8. The van der Waals surface area contributed by atoms with Gasteiger partial charge in [0, 0.05) is 21.7 Å². The average Bonchev–Trinajstić information content (AvgIpc) is 3.13. The summed E-state index contributed by atoms with van der Waals surface area (Å²) in [5.41, 5.74) is 3.37. The summed E-state index contributed by atoms with van der Waals surface area (Å²) in [6, 6.07) is 12.1. The van der Waals surface area contributed by atoms with Gasteiger partial charge in [0.05, 0.1) is 16.1 Å². The molecule has 0 unspecified atom stereocenters. The van der Waals surface area contributed by atoms with Gasteiger partial charge in [-0.1, -0.05) is 41.4 Å². The standard InChI is InChI=1S/C21H15Cl2NO3/c22-12-8-9-16(23)15(10-12)19(25)11-27-21(26)20-13-4-1-2-6-17(13)24-18-7-3-5-14(18)20/h1-2,4,6,8-10H,3,5,7,11H2. The van der Waals surface area contributed by atoms with Crippen LogP contribution in [0.25, 0.3) is 10.9 Å². The van der Waals surface area contributed by atoms with Gasteiger partial charge in [0.15, 0.2) is 6.61 Å². The molecule has 0 fully saturated rings. The van der Waals surface area contributed by atoms with Crippen LogP contribution in [0.3, 0.4) is 0 Å². The second-order valence-corrected chi connectivity index (χ2v) is 7.25. The number of carbonyl (C=O) groups excluding carboxylic acids is 2. The number of para-hydroxylation sites is 1. The van der Waals surface area contributed by atoms with Crippen molar-refractivity contribution in [2.24, 2.45) is 0 Å². The first-order valence-electron chi connectivity index (χ1n) is 8.60. The Bertz CT molecular complexity index is 1080. The van der Waals surface area contributed by atoms with Crippen LogP contribution >= 0.6 is 23.2 Å². The maximum absolute atomic E-state index is 12.8. The Balaban J connectivity index is 1.62. The predicted octanol–water partition coefficient (Wildman–Crippen LogP) is 5.07. The zero-order valence-electron chi connectivity index (χ0n) is 14.3. The molecule has 4 rings (SSSR count). The zero-order chi connectivity index (χ0) is 19.0. The highest BCUT2D eigenvalue weighted by Crippen LogP contribution is 2.30. The number of esters is 1. The lowest BCUT2D eigenvalue weighted by atomic mass is 10.0. The molecule has 0 spiro atoms. The summed E-state index contributed by atoms with van der Waals surface area (Å²) in [5, 5.41) is 1.42. The highest BCUT2D eigenvalue weighted by molar-refractivity contribution is 6.36. The Labute approximate surface area is 166 Å². The topological polar surface area (TPSA) is 56.3 Å². The lowest BCUT2D eigenvalue weighted by Crippen LogP contribution is -2.16. The Morgan fingerprint density at radius 2 is 1.89 bits per heavy atom. The van der Waals surface area contributed by atoms with Crippen molar-refractivity contribution < 1.29 is 14.3 Å². The highest BCUT2D eigenvalue weighted by Gasteiger charge is 2.25. The highest BCUT2D eigenvalue weighted by atomic mass is 35.5. The number of halogens is 2. The summed E-state index contributed by atoms with van der Waals surface area (Å²) in [4.78, 5) is 29.9. The third kappa shape index (κ3) is 3.43. The van der Waals surface area contributed by atoms with Gasteiger partial charge in [0.2, 0.25) is 5.78 Å². The Morgan fingerprint density at radius 3 is 2.74 bits per heavy atom. The smallest absolute Gasteiger partial charge is 0.339 e. The minimum atomic E-state index is -0.516. The Morgan fingerprint density at radius 1 is 1.07 bits per heavy atom. The van der Waals surface area contributed by atoms with Crippen LogP contribution in [0, 0.1) is 0 Å². The van der Waals surface area contributed by atoms with E-state index in [2.05, 4.69) is 4.98 Å². The number of benzene rings is 2. The lowest BCUT2D eigenvalue weighted by Gasteiger charge is -2.12. The molecule has 27 heavy (non-hydrogen) atoms. The van der Waals surface area contributed by atoms with Crippen LogP contribution < -0.4 is 0 Å². The molecule has 1 aliphatic carbocycles. The van der Waals surface area contributed by atoms with E-state index in [1.54, 1.807) is 12.1 Å². The molecular weight excluding hydrogens is 385 g/mol. The quantitative estimate of drug-likeness (QED) is 0.453. The van der Waals surface area contributed by atoms with Crippen molar-refractivity contribution in [3.8, 4) is 0 Å². The molecule has 0 atom stereocenters. The van der Waals surface area contributed by atoms with Crippen molar-refractivity contribution in [3.05, 3.63) is 74.9 Å². The van der Waals surface area contributed by atoms with Gasteiger partial charge in [0.1, 0.15) is 0 Å². The first-order valence-corrected chi connectivity index (χ1v) is 9.36. The van der Waals surface area contributed by atoms with E-state index in [1.165, 1.54) is 6.07 Å². The minimum Gasteiger partial charge on any atom is -0.454 e. The van der Waals surface area contributed by atoms with Crippen LogP contribution in [-0.2, 0) is 17.6 Å². The van der Waals surface area contributed by atoms with Crippen molar-refractivity contribution in [2.45, 2.75) is 19.3 Å². The molecule has 0 saturated carbocycles. The van der Waals surface area contributed by atoms with Crippen LogP contribution in [0.2, 0.25) is 10.0 Å². The van der Waals surface area contributed by atoms with Crippen molar-refractivity contribution in [1.29, 1.82) is 0 Å². The summed E-state index contributed by atoms with van der Waals surface area (Å²) in [6.07, 6.45) is 2.58. The molecule has 0 N–H and O–H groups in total. The monoisotopic (exact) mass is 399 g/mol. The minimum absolute atomic E-state index is 0.238. The Hall–Kier alpha value is -2.43. The fourth-order valence-corrected chi connectivity index (χ4v) is 3.83. The van der Waals surface area contributed by atoms with E-state index in [0.29, 0.717) is 10.6 Å². The number of Topliss-reactive ketones (excluding diaryl/α,β-unsaturated/α-hetero) is 1. The molecule has 136 valence electrons.